The molecule has 0 aromatic heterocycles. The van der Waals surface area contributed by atoms with E-state index in [0.717, 1.165) is 10.5 Å². The lowest BCUT2D eigenvalue weighted by Crippen LogP contribution is -2.42. The number of carbonyl (C=O) groups excluding carboxylic acids is 1. The molecule has 2 rings (SSSR count). The van der Waals surface area contributed by atoms with Crippen molar-refractivity contribution >= 4 is 50.9 Å². The predicted molar refractivity (Wildman–Crippen MR) is 96.8 cm³/mol. The fourth-order valence-electron chi connectivity index (χ4n) is 1.65. The van der Waals surface area contributed by atoms with Crippen molar-refractivity contribution in [1.29, 1.82) is 0 Å². The molecule has 0 spiro atoms. The summed E-state index contributed by atoms with van der Waals surface area (Å²) in [6, 6.07) is 11.5. The van der Waals surface area contributed by atoms with Crippen LogP contribution in [0.2, 0.25) is 10.0 Å². The third-order valence-corrected chi connectivity index (χ3v) is 5.91. The number of hydrazine groups is 1. The van der Waals surface area contributed by atoms with Crippen LogP contribution in [0.25, 0.3) is 0 Å². The van der Waals surface area contributed by atoms with Gasteiger partial charge < -0.3 is 0 Å². The summed E-state index contributed by atoms with van der Waals surface area (Å²) in [5.74, 6) is -0.392. The third kappa shape index (κ3) is 5.39. The van der Waals surface area contributed by atoms with E-state index >= 15 is 0 Å². The number of halogens is 2. The highest BCUT2D eigenvalue weighted by atomic mass is 35.5. The van der Waals surface area contributed by atoms with Crippen molar-refractivity contribution < 1.29 is 13.2 Å². The molecule has 2 N–H and O–H groups in total. The molecule has 0 saturated carbocycles. The lowest BCUT2D eigenvalue weighted by Gasteiger charge is -2.09. The van der Waals surface area contributed by atoms with Crippen LogP contribution in [0.15, 0.2) is 52.3 Å². The Bertz CT molecular complexity index is 840. The van der Waals surface area contributed by atoms with Crippen molar-refractivity contribution in [2.75, 3.05) is 5.75 Å². The summed E-state index contributed by atoms with van der Waals surface area (Å²) in [6.45, 7) is 1.97. The first-order valence-corrected chi connectivity index (χ1v) is 9.95. The quantitative estimate of drug-likeness (QED) is 0.571. The Balaban J connectivity index is 1.90. The number of rotatable bonds is 6. The van der Waals surface area contributed by atoms with E-state index in [1.165, 1.54) is 30.0 Å². The van der Waals surface area contributed by atoms with Gasteiger partial charge in [0.25, 0.3) is 10.0 Å². The van der Waals surface area contributed by atoms with Crippen LogP contribution in [0, 0.1) is 6.92 Å². The normalized spacial score (nSPS) is 11.3. The molecule has 0 aliphatic heterocycles. The van der Waals surface area contributed by atoms with Gasteiger partial charge in [0.1, 0.15) is 0 Å². The number of benzene rings is 2. The number of hydrogen-bond donors (Lipinski definition) is 2. The van der Waals surface area contributed by atoms with Gasteiger partial charge in [0.2, 0.25) is 5.91 Å². The van der Waals surface area contributed by atoms with Crippen LogP contribution >= 0.6 is 35.0 Å². The van der Waals surface area contributed by atoms with Crippen LogP contribution in [-0.2, 0) is 14.8 Å². The Hall–Kier alpha value is -1.25. The Morgan fingerprint density at radius 3 is 2.38 bits per heavy atom. The molecule has 24 heavy (non-hydrogen) atoms. The highest BCUT2D eigenvalue weighted by molar-refractivity contribution is 8.00. The van der Waals surface area contributed by atoms with E-state index in [4.69, 9.17) is 23.2 Å². The smallest absolute Gasteiger partial charge is 0.257 e. The second-order valence-corrected chi connectivity index (χ2v) is 8.38. The second kappa shape index (κ2) is 8.22. The molecule has 0 aliphatic carbocycles. The number of carbonyl (C=O) groups is 1. The van der Waals surface area contributed by atoms with Crippen molar-refractivity contribution in [2.45, 2.75) is 16.7 Å². The van der Waals surface area contributed by atoms with Gasteiger partial charge in [-0.3, -0.25) is 10.2 Å². The van der Waals surface area contributed by atoms with Gasteiger partial charge in [-0.2, -0.15) is 0 Å². The van der Waals surface area contributed by atoms with Crippen LogP contribution in [-0.4, -0.2) is 20.1 Å². The standard InChI is InChI=1S/C15H14Cl2N2O3S2/c1-10-2-4-11(5-3-10)23-9-15(20)18-19-24(21,22)12-6-7-13(16)14(17)8-12/h2-8,19H,9H2,1H3,(H,18,20). The van der Waals surface area contributed by atoms with Gasteiger partial charge in [0.15, 0.2) is 0 Å². The number of thioether (sulfide) groups is 1. The van der Waals surface area contributed by atoms with E-state index in [9.17, 15) is 13.2 Å². The summed E-state index contributed by atoms with van der Waals surface area (Å²) in [5, 5.41) is 0.356. The van der Waals surface area contributed by atoms with Crippen LogP contribution < -0.4 is 10.3 Å². The van der Waals surface area contributed by atoms with Crippen molar-refractivity contribution in [3.05, 3.63) is 58.1 Å². The molecular weight excluding hydrogens is 391 g/mol. The molecule has 0 aliphatic rings. The SMILES string of the molecule is Cc1ccc(SCC(=O)NNS(=O)(=O)c2ccc(Cl)c(Cl)c2)cc1. The van der Waals surface area contributed by atoms with Gasteiger partial charge >= 0.3 is 0 Å². The third-order valence-electron chi connectivity index (χ3n) is 2.92. The van der Waals surface area contributed by atoms with Crippen molar-refractivity contribution in [3.63, 3.8) is 0 Å². The molecule has 5 nitrogen and oxygen atoms in total. The van der Waals surface area contributed by atoms with Crippen molar-refractivity contribution in [3.8, 4) is 0 Å². The number of amides is 1. The van der Waals surface area contributed by atoms with Gasteiger partial charge in [0, 0.05) is 4.90 Å². The molecule has 2 aromatic rings. The number of sulfonamides is 1. The minimum atomic E-state index is -3.92. The van der Waals surface area contributed by atoms with Crippen LogP contribution in [0.5, 0.6) is 0 Å². The van der Waals surface area contributed by atoms with Gasteiger partial charge in [-0.15, -0.1) is 16.6 Å². The van der Waals surface area contributed by atoms with E-state index in [1.54, 1.807) is 0 Å². The molecule has 2 aromatic carbocycles. The molecule has 0 bridgehead atoms. The maximum absolute atomic E-state index is 12.1. The molecule has 0 fully saturated rings. The zero-order valence-electron chi connectivity index (χ0n) is 12.5. The predicted octanol–water partition coefficient (Wildman–Crippen LogP) is 3.40. The van der Waals surface area contributed by atoms with E-state index in [1.807, 2.05) is 36.0 Å². The summed E-state index contributed by atoms with van der Waals surface area (Å²) < 4.78 is 24.2. The van der Waals surface area contributed by atoms with E-state index in [2.05, 4.69) is 5.43 Å². The summed E-state index contributed by atoms with van der Waals surface area (Å²) in [6.07, 6.45) is 0. The summed E-state index contributed by atoms with van der Waals surface area (Å²) in [4.78, 5) is 14.6. The largest absolute Gasteiger partial charge is 0.277 e. The topological polar surface area (TPSA) is 75.3 Å². The maximum atomic E-state index is 12.1. The van der Waals surface area contributed by atoms with E-state index in [-0.39, 0.29) is 20.7 Å². The number of aryl methyl sites for hydroxylation is 1. The minimum absolute atomic E-state index is 0.0763. The monoisotopic (exact) mass is 404 g/mol. The van der Waals surface area contributed by atoms with Gasteiger partial charge in [-0.1, -0.05) is 40.9 Å². The lowest BCUT2D eigenvalue weighted by atomic mass is 10.2. The Morgan fingerprint density at radius 1 is 1.08 bits per heavy atom. The van der Waals surface area contributed by atoms with E-state index < -0.39 is 15.9 Å². The molecule has 0 saturated heterocycles. The fourth-order valence-corrected chi connectivity index (χ4v) is 3.59. The van der Waals surface area contributed by atoms with Crippen LogP contribution in [0.1, 0.15) is 5.56 Å². The summed E-state index contributed by atoms with van der Waals surface area (Å²) in [7, 11) is -3.92. The van der Waals surface area contributed by atoms with Crippen LogP contribution in [0.3, 0.4) is 0 Å². The minimum Gasteiger partial charge on any atom is -0.277 e. The average Bonchev–Trinajstić information content (AvgIpc) is 2.55. The molecule has 9 heteroatoms. The molecule has 128 valence electrons. The van der Waals surface area contributed by atoms with Gasteiger partial charge in [0.05, 0.1) is 20.7 Å². The molecule has 0 atom stereocenters. The summed E-state index contributed by atoms with van der Waals surface area (Å²) >= 11 is 12.8. The zero-order chi connectivity index (χ0) is 17.7. The molecule has 0 radical (unpaired) electrons. The van der Waals surface area contributed by atoms with Gasteiger partial charge in [-0.05, 0) is 37.3 Å². The van der Waals surface area contributed by atoms with Crippen molar-refractivity contribution in [2.24, 2.45) is 0 Å². The Morgan fingerprint density at radius 2 is 1.75 bits per heavy atom. The number of nitrogens with one attached hydrogen (secondary N) is 2. The molecular formula is C15H14Cl2N2O3S2. The highest BCUT2D eigenvalue weighted by Gasteiger charge is 2.16. The zero-order valence-corrected chi connectivity index (χ0v) is 15.7. The molecule has 1 amide bonds. The molecule has 0 unspecified atom stereocenters. The first-order valence-electron chi connectivity index (χ1n) is 6.73. The second-order valence-electron chi connectivity index (χ2n) is 4.83. The van der Waals surface area contributed by atoms with Crippen LogP contribution in [0.4, 0.5) is 0 Å². The van der Waals surface area contributed by atoms with Gasteiger partial charge in [-0.25, -0.2) is 8.42 Å². The first-order chi connectivity index (χ1) is 11.3. The highest BCUT2D eigenvalue weighted by Crippen LogP contribution is 2.24. The fraction of sp³-hybridized carbons (Fsp3) is 0.133. The van der Waals surface area contributed by atoms with E-state index in [0.29, 0.717) is 0 Å². The van der Waals surface area contributed by atoms with Crippen molar-refractivity contribution in [1.82, 2.24) is 10.3 Å². The average molecular weight is 405 g/mol. The number of hydrogen-bond acceptors (Lipinski definition) is 4. The Kier molecular flexibility index (Phi) is 6.54. The first kappa shape index (κ1) is 19.1. The lowest BCUT2D eigenvalue weighted by molar-refractivity contribution is -0.119. The maximum Gasteiger partial charge on any atom is 0.257 e. The Labute approximate surface area is 154 Å². The summed E-state index contributed by atoms with van der Waals surface area (Å²) in [5.41, 5.74) is 3.29. The molecule has 0 heterocycles.